The number of rotatable bonds is 3. The van der Waals surface area contributed by atoms with Gasteiger partial charge in [-0.2, -0.15) is 4.98 Å². The van der Waals surface area contributed by atoms with E-state index in [0.717, 1.165) is 23.4 Å². The number of para-hydroxylation sites is 1. The normalized spacial score (nSPS) is 15.9. The van der Waals surface area contributed by atoms with Crippen LogP contribution in [0.15, 0.2) is 36.5 Å². The van der Waals surface area contributed by atoms with Crippen molar-refractivity contribution in [3.8, 4) is 0 Å². The molecule has 1 aromatic carbocycles. The van der Waals surface area contributed by atoms with Crippen molar-refractivity contribution in [1.29, 1.82) is 0 Å². The number of nitrogens with zero attached hydrogens (tertiary/aromatic N) is 5. The second kappa shape index (κ2) is 6.21. The Morgan fingerprint density at radius 1 is 1.27 bits per heavy atom. The maximum absolute atomic E-state index is 12.6. The molecule has 132 valence electrons. The first-order valence-corrected chi connectivity index (χ1v) is 8.30. The van der Waals surface area contributed by atoms with Gasteiger partial charge >= 0.3 is 5.97 Å². The maximum Gasteiger partial charge on any atom is 0.378 e. The quantitative estimate of drug-likeness (QED) is 0.666. The standard InChI is InChI=1S/C18H17N5O3/c1-11-7-8-19-18-20-16(21-23(11)18)17(25)26-10-15(24)22-12(2)9-13-5-3-4-6-14(13)22/h3-8,12H,9-10H2,1-2H3/t12-/m0/s1. The molecule has 8 heteroatoms. The average molecular weight is 351 g/mol. The molecule has 1 atom stereocenters. The third kappa shape index (κ3) is 2.69. The highest BCUT2D eigenvalue weighted by atomic mass is 16.5. The van der Waals surface area contributed by atoms with Crippen LogP contribution in [0.4, 0.5) is 5.69 Å². The monoisotopic (exact) mass is 351 g/mol. The molecule has 26 heavy (non-hydrogen) atoms. The van der Waals surface area contributed by atoms with E-state index in [1.54, 1.807) is 17.2 Å². The zero-order chi connectivity index (χ0) is 18.3. The highest BCUT2D eigenvalue weighted by Gasteiger charge is 2.31. The molecule has 0 unspecified atom stereocenters. The van der Waals surface area contributed by atoms with Crippen molar-refractivity contribution in [1.82, 2.24) is 19.6 Å². The van der Waals surface area contributed by atoms with Crippen LogP contribution in [-0.4, -0.2) is 44.1 Å². The van der Waals surface area contributed by atoms with Crippen molar-refractivity contribution in [3.05, 3.63) is 53.6 Å². The first-order chi connectivity index (χ1) is 12.5. The molecular weight excluding hydrogens is 334 g/mol. The minimum absolute atomic E-state index is 0.0266. The van der Waals surface area contributed by atoms with Crippen LogP contribution in [0.3, 0.4) is 0 Å². The number of aryl methyl sites for hydroxylation is 1. The molecule has 8 nitrogen and oxygen atoms in total. The summed E-state index contributed by atoms with van der Waals surface area (Å²) in [6.45, 7) is 3.44. The van der Waals surface area contributed by atoms with Gasteiger partial charge < -0.3 is 9.64 Å². The second-order valence-corrected chi connectivity index (χ2v) is 6.26. The van der Waals surface area contributed by atoms with Crippen molar-refractivity contribution in [2.45, 2.75) is 26.3 Å². The fourth-order valence-electron chi connectivity index (χ4n) is 3.20. The maximum atomic E-state index is 12.6. The van der Waals surface area contributed by atoms with Gasteiger partial charge in [-0.3, -0.25) is 4.79 Å². The van der Waals surface area contributed by atoms with Crippen molar-refractivity contribution in [3.63, 3.8) is 0 Å². The van der Waals surface area contributed by atoms with Gasteiger partial charge in [0.05, 0.1) is 0 Å². The summed E-state index contributed by atoms with van der Waals surface area (Å²) >= 11 is 0. The molecule has 2 aromatic heterocycles. The number of esters is 1. The Hall–Kier alpha value is -3.29. The van der Waals surface area contributed by atoms with E-state index < -0.39 is 5.97 Å². The molecule has 0 saturated heterocycles. The summed E-state index contributed by atoms with van der Waals surface area (Å²) in [7, 11) is 0. The van der Waals surface area contributed by atoms with Crippen molar-refractivity contribution >= 4 is 23.3 Å². The number of fused-ring (bicyclic) bond motifs is 2. The number of aromatic nitrogens is 4. The number of carbonyl (C=O) groups is 2. The van der Waals surface area contributed by atoms with Gasteiger partial charge in [-0.15, -0.1) is 5.10 Å². The predicted octanol–water partition coefficient (Wildman–Crippen LogP) is 1.57. The predicted molar refractivity (Wildman–Crippen MR) is 92.9 cm³/mol. The Labute approximate surface area is 149 Å². The smallest absolute Gasteiger partial charge is 0.378 e. The zero-order valence-corrected chi connectivity index (χ0v) is 14.4. The largest absolute Gasteiger partial charge is 0.450 e. The van der Waals surface area contributed by atoms with Gasteiger partial charge in [-0.1, -0.05) is 18.2 Å². The molecular formula is C18H17N5O3. The van der Waals surface area contributed by atoms with Gasteiger partial charge in [-0.25, -0.2) is 14.3 Å². The Balaban J connectivity index is 1.47. The third-order valence-corrected chi connectivity index (χ3v) is 4.42. The van der Waals surface area contributed by atoms with Gasteiger partial charge in [-0.05, 0) is 38.0 Å². The molecule has 1 amide bonds. The second-order valence-electron chi connectivity index (χ2n) is 6.26. The van der Waals surface area contributed by atoms with E-state index in [-0.39, 0.29) is 24.4 Å². The number of hydrogen-bond donors (Lipinski definition) is 0. The van der Waals surface area contributed by atoms with Crippen LogP contribution in [0.25, 0.3) is 5.78 Å². The van der Waals surface area contributed by atoms with E-state index in [1.807, 2.05) is 38.1 Å². The van der Waals surface area contributed by atoms with Gasteiger partial charge in [0, 0.05) is 23.6 Å². The lowest BCUT2D eigenvalue weighted by Crippen LogP contribution is -2.38. The molecule has 4 rings (SSSR count). The molecule has 0 bridgehead atoms. The van der Waals surface area contributed by atoms with Gasteiger partial charge in [0.15, 0.2) is 6.61 Å². The van der Waals surface area contributed by atoms with Crippen LogP contribution in [0, 0.1) is 6.92 Å². The van der Waals surface area contributed by atoms with E-state index in [2.05, 4.69) is 15.1 Å². The molecule has 1 aliphatic heterocycles. The van der Waals surface area contributed by atoms with E-state index in [0.29, 0.717) is 5.78 Å². The van der Waals surface area contributed by atoms with Crippen LogP contribution < -0.4 is 4.90 Å². The molecule has 0 N–H and O–H groups in total. The molecule has 1 aliphatic rings. The number of amides is 1. The first-order valence-electron chi connectivity index (χ1n) is 8.30. The summed E-state index contributed by atoms with van der Waals surface area (Å²) in [6.07, 6.45) is 2.37. The Kier molecular flexibility index (Phi) is 3.87. The van der Waals surface area contributed by atoms with Crippen LogP contribution >= 0.6 is 0 Å². The average Bonchev–Trinajstić information content (AvgIpc) is 3.20. The van der Waals surface area contributed by atoms with Gasteiger partial charge in [0.2, 0.25) is 0 Å². The zero-order valence-electron chi connectivity index (χ0n) is 14.4. The van der Waals surface area contributed by atoms with Gasteiger partial charge in [0.25, 0.3) is 17.5 Å². The lowest BCUT2D eigenvalue weighted by atomic mass is 10.1. The Morgan fingerprint density at radius 2 is 2.08 bits per heavy atom. The van der Waals surface area contributed by atoms with Crippen molar-refractivity contribution in [2.75, 3.05) is 11.5 Å². The summed E-state index contributed by atoms with van der Waals surface area (Å²) in [5, 5.41) is 4.08. The minimum Gasteiger partial charge on any atom is -0.450 e. The number of anilines is 1. The van der Waals surface area contributed by atoms with Crippen LogP contribution in [0.5, 0.6) is 0 Å². The van der Waals surface area contributed by atoms with E-state index in [1.165, 1.54) is 4.52 Å². The third-order valence-electron chi connectivity index (χ3n) is 4.42. The molecule has 0 aliphatic carbocycles. The van der Waals surface area contributed by atoms with E-state index in [4.69, 9.17) is 4.74 Å². The molecule has 3 aromatic rings. The summed E-state index contributed by atoms with van der Waals surface area (Å²) in [4.78, 5) is 34.5. The minimum atomic E-state index is -0.747. The number of benzene rings is 1. The van der Waals surface area contributed by atoms with Crippen molar-refractivity contribution < 1.29 is 14.3 Å². The van der Waals surface area contributed by atoms with Crippen LogP contribution in [0.1, 0.15) is 28.8 Å². The molecule has 0 radical (unpaired) electrons. The van der Waals surface area contributed by atoms with E-state index >= 15 is 0 Å². The number of carbonyl (C=O) groups excluding carboxylic acids is 2. The van der Waals surface area contributed by atoms with E-state index in [9.17, 15) is 9.59 Å². The fourth-order valence-corrected chi connectivity index (χ4v) is 3.20. The van der Waals surface area contributed by atoms with Gasteiger partial charge in [0.1, 0.15) is 0 Å². The van der Waals surface area contributed by atoms with Crippen molar-refractivity contribution in [2.24, 2.45) is 0 Å². The molecule has 0 fully saturated rings. The molecule has 3 heterocycles. The fraction of sp³-hybridized carbons (Fsp3) is 0.278. The SMILES string of the molecule is Cc1ccnc2nc(C(=O)OCC(=O)N3c4ccccc4C[C@@H]3C)nn12. The van der Waals surface area contributed by atoms with Crippen LogP contribution in [-0.2, 0) is 16.0 Å². The summed E-state index contributed by atoms with van der Waals surface area (Å²) in [5.41, 5.74) is 2.77. The Morgan fingerprint density at radius 3 is 2.88 bits per heavy atom. The topological polar surface area (TPSA) is 89.7 Å². The summed E-state index contributed by atoms with van der Waals surface area (Å²) in [6, 6.07) is 9.52. The first kappa shape index (κ1) is 16.2. The number of ether oxygens (including phenoxy) is 1. The Bertz CT molecular complexity index is 1010. The molecule has 0 spiro atoms. The highest BCUT2D eigenvalue weighted by molar-refractivity contribution is 5.98. The van der Waals surface area contributed by atoms with Crippen LogP contribution in [0.2, 0.25) is 0 Å². The summed E-state index contributed by atoms with van der Waals surface area (Å²) in [5.74, 6) is -0.822. The lowest BCUT2D eigenvalue weighted by Gasteiger charge is -2.22. The molecule has 0 saturated carbocycles. The number of hydrogen-bond acceptors (Lipinski definition) is 6. The highest BCUT2D eigenvalue weighted by Crippen LogP contribution is 2.31. The lowest BCUT2D eigenvalue weighted by molar-refractivity contribution is -0.122. The summed E-state index contributed by atoms with van der Waals surface area (Å²) < 4.78 is 6.59.